The lowest BCUT2D eigenvalue weighted by atomic mass is 10.0. The third-order valence-corrected chi connectivity index (χ3v) is 2.57. The lowest BCUT2D eigenvalue weighted by Gasteiger charge is -2.08. The van der Waals surface area contributed by atoms with Gasteiger partial charge in [-0.3, -0.25) is 0 Å². The molecule has 1 atom stereocenters. The standard InChI is InChI=1S/C14H26O/c1-3-5-7-8-9-11-13-14(15)12-10-6-4-2/h3,5,7,14-15H,1,4,6,8-13H2,2H3. The van der Waals surface area contributed by atoms with Crippen LogP contribution < -0.4 is 0 Å². The Hall–Kier alpha value is -0.560. The predicted octanol–water partition coefficient (Wildman–Crippen LogP) is 4.23. The van der Waals surface area contributed by atoms with Crippen molar-refractivity contribution in [2.24, 2.45) is 0 Å². The third kappa shape index (κ3) is 11.4. The first-order valence-corrected chi connectivity index (χ1v) is 6.26. The highest BCUT2D eigenvalue weighted by Gasteiger charge is 2.02. The van der Waals surface area contributed by atoms with Gasteiger partial charge in [0.05, 0.1) is 6.10 Å². The molecule has 1 nitrogen and oxygen atoms in total. The Morgan fingerprint density at radius 2 is 1.80 bits per heavy atom. The van der Waals surface area contributed by atoms with E-state index in [0.717, 1.165) is 25.7 Å². The summed E-state index contributed by atoms with van der Waals surface area (Å²) in [4.78, 5) is 0. The van der Waals surface area contributed by atoms with Crippen LogP contribution >= 0.6 is 0 Å². The van der Waals surface area contributed by atoms with Crippen molar-refractivity contribution in [2.75, 3.05) is 0 Å². The number of rotatable bonds is 10. The van der Waals surface area contributed by atoms with Gasteiger partial charge in [-0.15, -0.1) is 0 Å². The van der Waals surface area contributed by atoms with Crippen LogP contribution in [0.15, 0.2) is 24.8 Å². The zero-order valence-electron chi connectivity index (χ0n) is 10.1. The quantitative estimate of drug-likeness (QED) is 0.422. The fourth-order valence-electron chi connectivity index (χ4n) is 1.61. The van der Waals surface area contributed by atoms with Crippen LogP contribution in [0.4, 0.5) is 0 Å². The average Bonchev–Trinajstić information content (AvgIpc) is 2.23. The van der Waals surface area contributed by atoms with E-state index in [-0.39, 0.29) is 6.10 Å². The first-order valence-electron chi connectivity index (χ1n) is 6.26. The molecule has 88 valence electrons. The minimum absolute atomic E-state index is 0.0695. The number of hydrogen-bond acceptors (Lipinski definition) is 1. The summed E-state index contributed by atoms with van der Waals surface area (Å²) in [6.07, 6.45) is 14.9. The molecule has 15 heavy (non-hydrogen) atoms. The van der Waals surface area contributed by atoms with Gasteiger partial charge in [-0.2, -0.15) is 0 Å². The molecule has 1 N–H and O–H groups in total. The molecule has 0 aliphatic rings. The van der Waals surface area contributed by atoms with E-state index >= 15 is 0 Å². The van der Waals surface area contributed by atoms with Crippen molar-refractivity contribution in [3.8, 4) is 0 Å². The van der Waals surface area contributed by atoms with E-state index in [1.54, 1.807) is 6.08 Å². The van der Waals surface area contributed by atoms with Gasteiger partial charge in [0.2, 0.25) is 0 Å². The minimum atomic E-state index is -0.0695. The van der Waals surface area contributed by atoms with Gasteiger partial charge in [-0.1, -0.05) is 57.4 Å². The molecule has 0 saturated carbocycles. The summed E-state index contributed by atoms with van der Waals surface area (Å²) in [6, 6.07) is 0. The van der Waals surface area contributed by atoms with Crippen molar-refractivity contribution in [1.82, 2.24) is 0 Å². The fraction of sp³-hybridized carbons (Fsp3) is 0.714. The highest BCUT2D eigenvalue weighted by Crippen LogP contribution is 2.10. The zero-order chi connectivity index (χ0) is 11.4. The second-order valence-corrected chi connectivity index (χ2v) is 4.10. The van der Waals surface area contributed by atoms with Gasteiger partial charge in [-0.05, 0) is 25.7 Å². The molecule has 1 heteroatoms. The molecule has 0 bridgehead atoms. The lowest BCUT2D eigenvalue weighted by Crippen LogP contribution is -2.05. The van der Waals surface area contributed by atoms with Crippen molar-refractivity contribution >= 4 is 0 Å². The summed E-state index contributed by atoms with van der Waals surface area (Å²) in [7, 11) is 0. The molecule has 1 unspecified atom stereocenters. The molecule has 0 aromatic carbocycles. The van der Waals surface area contributed by atoms with Crippen molar-refractivity contribution in [3.05, 3.63) is 24.8 Å². The van der Waals surface area contributed by atoms with Crippen LogP contribution in [-0.4, -0.2) is 11.2 Å². The summed E-state index contributed by atoms with van der Waals surface area (Å²) in [6.45, 7) is 5.81. The smallest absolute Gasteiger partial charge is 0.0540 e. The Kier molecular flexibility index (Phi) is 11.1. The van der Waals surface area contributed by atoms with E-state index in [2.05, 4.69) is 19.6 Å². The topological polar surface area (TPSA) is 20.2 Å². The van der Waals surface area contributed by atoms with E-state index in [4.69, 9.17) is 0 Å². The maximum atomic E-state index is 9.64. The van der Waals surface area contributed by atoms with Crippen LogP contribution in [0.3, 0.4) is 0 Å². The second-order valence-electron chi connectivity index (χ2n) is 4.10. The molecule has 0 amide bonds. The van der Waals surface area contributed by atoms with E-state index in [1.165, 1.54) is 25.7 Å². The number of hydrogen-bond donors (Lipinski definition) is 1. The van der Waals surface area contributed by atoms with Gasteiger partial charge in [-0.25, -0.2) is 0 Å². The molecule has 0 heterocycles. The molecular weight excluding hydrogens is 184 g/mol. The van der Waals surface area contributed by atoms with Crippen molar-refractivity contribution in [3.63, 3.8) is 0 Å². The Labute approximate surface area is 94.9 Å². The molecule has 0 spiro atoms. The van der Waals surface area contributed by atoms with Gasteiger partial charge < -0.3 is 5.11 Å². The van der Waals surface area contributed by atoms with Crippen LogP contribution in [0, 0.1) is 0 Å². The Balaban J connectivity index is 3.19. The third-order valence-electron chi connectivity index (χ3n) is 2.57. The minimum Gasteiger partial charge on any atom is -0.393 e. The number of unbranched alkanes of at least 4 members (excludes halogenated alkanes) is 4. The predicted molar refractivity (Wildman–Crippen MR) is 68.0 cm³/mol. The van der Waals surface area contributed by atoms with Crippen LogP contribution in [-0.2, 0) is 0 Å². The summed E-state index contributed by atoms with van der Waals surface area (Å²) in [5.41, 5.74) is 0. The zero-order valence-corrected chi connectivity index (χ0v) is 10.1. The van der Waals surface area contributed by atoms with Crippen LogP contribution in [0.2, 0.25) is 0 Å². The molecule has 0 rings (SSSR count). The summed E-state index contributed by atoms with van der Waals surface area (Å²) >= 11 is 0. The summed E-state index contributed by atoms with van der Waals surface area (Å²) in [5.74, 6) is 0. The first kappa shape index (κ1) is 14.4. The number of aliphatic hydroxyl groups is 1. The molecule has 0 aromatic heterocycles. The molecule has 0 saturated heterocycles. The molecule has 0 aromatic rings. The van der Waals surface area contributed by atoms with Crippen LogP contribution in [0.25, 0.3) is 0 Å². The van der Waals surface area contributed by atoms with Gasteiger partial charge in [0.1, 0.15) is 0 Å². The Morgan fingerprint density at radius 1 is 1.13 bits per heavy atom. The fourth-order valence-corrected chi connectivity index (χ4v) is 1.61. The molecular formula is C14H26O. The highest BCUT2D eigenvalue weighted by molar-refractivity contribution is 4.96. The average molecular weight is 210 g/mol. The maximum absolute atomic E-state index is 9.64. The molecule has 0 radical (unpaired) electrons. The normalized spacial score (nSPS) is 13.2. The monoisotopic (exact) mass is 210 g/mol. The number of aliphatic hydroxyl groups excluding tert-OH is 1. The van der Waals surface area contributed by atoms with Gasteiger partial charge in [0.15, 0.2) is 0 Å². The van der Waals surface area contributed by atoms with Crippen molar-refractivity contribution in [1.29, 1.82) is 0 Å². The highest BCUT2D eigenvalue weighted by atomic mass is 16.3. The maximum Gasteiger partial charge on any atom is 0.0540 e. The second kappa shape index (κ2) is 11.5. The first-order chi connectivity index (χ1) is 7.31. The summed E-state index contributed by atoms with van der Waals surface area (Å²) < 4.78 is 0. The largest absolute Gasteiger partial charge is 0.393 e. The lowest BCUT2D eigenvalue weighted by molar-refractivity contribution is 0.148. The molecule has 0 aliphatic heterocycles. The molecule has 0 fully saturated rings. The van der Waals surface area contributed by atoms with Crippen molar-refractivity contribution in [2.45, 2.75) is 64.4 Å². The Morgan fingerprint density at radius 3 is 2.40 bits per heavy atom. The van der Waals surface area contributed by atoms with Crippen LogP contribution in [0.1, 0.15) is 58.3 Å². The SMILES string of the molecule is C=CC=CCCCCC(O)CCCCC. The van der Waals surface area contributed by atoms with E-state index < -0.39 is 0 Å². The van der Waals surface area contributed by atoms with Gasteiger partial charge in [0, 0.05) is 0 Å². The van der Waals surface area contributed by atoms with Gasteiger partial charge in [0.25, 0.3) is 0 Å². The van der Waals surface area contributed by atoms with Crippen molar-refractivity contribution < 1.29 is 5.11 Å². The molecule has 0 aliphatic carbocycles. The van der Waals surface area contributed by atoms with Crippen LogP contribution in [0.5, 0.6) is 0 Å². The van der Waals surface area contributed by atoms with E-state index in [0.29, 0.717) is 0 Å². The number of allylic oxidation sites excluding steroid dienone is 3. The summed E-state index contributed by atoms with van der Waals surface area (Å²) in [5, 5.41) is 9.64. The van der Waals surface area contributed by atoms with E-state index in [9.17, 15) is 5.11 Å². The van der Waals surface area contributed by atoms with E-state index in [1.807, 2.05) is 6.08 Å². The Bertz CT molecular complexity index is 161. The van der Waals surface area contributed by atoms with Gasteiger partial charge >= 0.3 is 0 Å².